The number of aliphatic hydroxyl groups is 1. The van der Waals surface area contributed by atoms with Gasteiger partial charge in [0.1, 0.15) is 46.8 Å². The average molecular weight is 2160 g/mol. The van der Waals surface area contributed by atoms with E-state index in [2.05, 4.69) is 89.1 Å². The molecule has 0 aliphatic carbocycles. The van der Waals surface area contributed by atoms with Gasteiger partial charge in [0, 0.05) is 127 Å². The number of aryl methyl sites for hydroxylation is 6. The van der Waals surface area contributed by atoms with Gasteiger partial charge in [0.25, 0.3) is 11.8 Å². The van der Waals surface area contributed by atoms with E-state index in [1.165, 1.54) is 64.4 Å². The van der Waals surface area contributed by atoms with E-state index in [4.69, 9.17) is 12.3 Å². The number of aliphatic hydroxyl groups excluding tert-OH is 1. The van der Waals surface area contributed by atoms with Gasteiger partial charge >= 0.3 is 217 Å². The molecule has 8 aromatic rings. The Morgan fingerprint density at radius 1 is 0.503 bits per heavy atom. The number of benzene rings is 4. The summed E-state index contributed by atoms with van der Waals surface area (Å²) in [5.41, 5.74) is 1.42. The summed E-state index contributed by atoms with van der Waals surface area (Å²) in [6.45, 7) is 11.2. The summed E-state index contributed by atoms with van der Waals surface area (Å²) in [6, 6.07) is 8.37. The Hall–Kier alpha value is -13.9. The number of carbonyl (C=O) groups excluding carboxylic acids is 10. The number of aliphatic carboxylic acids is 3. The number of hydrogen-bond donors (Lipinski definition) is 18. The molecule has 10 amide bonds. The standard InChI is InChI=1S/C93H125N23O26S2.In.2H/c1-10-69(87(130)96-23-21-94-75(118)14-12-38-141-63-40-56(3)83(57(4)41-63)143(137,138)108-71(89(132)133)48-102-85(128)67-51-110(8)73-44-61(16-18-65(73)81(67)126)46-104-91-98-25-26-99-91)106-77(120)20-29-116(78(121)53-113-32-36-114(54-79(122)123)34-30-112(50-60(7)117)31-35-115(37-33-113)55-80(124)125)93(136)107-70(11-2)88(131)97-24-22-95-76(119)15-13-39-142-64-42-58(5)84(59(6)43-64)144(139,140)109-72(90(134)135)49-103-86(129)68-52-111(9)74-45-62(17-19-66(74)82(68)127)47-105-92-100-27-28-101-92;;;/h16-19,25-28,40-45,51-52,69-72,108-109,117H,7,10-15,20-24,29-39,46-50,53-55H2,1-6,8-9H3,(H,94,118)(H,95,119)(H,96,130)(H,97,131)(H,102,128)(H,103,129)(H,106,120)(H,107,136)(H,122,123)(H,124,125)(H,132,133)(H,134,135)(H2,98,99,104)(H2,100,101,105);;;/q;+1;;/p-1/t69?,70?,71-,72-;;;/m0.../s1. The van der Waals surface area contributed by atoms with Crippen molar-refractivity contribution < 1.29 is 112 Å². The minimum atomic E-state index is -4.59. The molecule has 1 aliphatic heterocycles. The number of nitrogens with one attached hydrogen (secondary N) is 14. The molecule has 1 saturated heterocycles. The molecule has 0 radical (unpaired) electrons. The fourth-order valence-electron chi connectivity index (χ4n) is 15.9. The summed E-state index contributed by atoms with van der Waals surface area (Å²) in [5, 5.41) is 67.6. The summed E-state index contributed by atoms with van der Waals surface area (Å²) >= 11 is -0.468. The first-order valence-electron chi connectivity index (χ1n) is 46.7. The first kappa shape index (κ1) is 115. The van der Waals surface area contributed by atoms with Crippen LogP contribution in [0.15, 0.2) is 130 Å². The second-order valence-electron chi connectivity index (χ2n) is 34.5. The summed E-state index contributed by atoms with van der Waals surface area (Å²) in [6.07, 6.45) is 8.72. The van der Waals surface area contributed by atoms with Crippen LogP contribution in [-0.2, 0) is 98.0 Å². The maximum atomic E-state index is 14.8. The zero-order valence-electron chi connectivity index (χ0n) is 82.1. The van der Waals surface area contributed by atoms with Crippen LogP contribution < -0.4 is 82.9 Å². The Kier molecular flexibility index (Phi) is 43.7. The number of pyridine rings is 2. The molecule has 1 aliphatic rings. The van der Waals surface area contributed by atoms with Gasteiger partial charge in [-0.1, -0.05) is 26.0 Å². The third-order valence-corrected chi connectivity index (χ3v) is 28.2. The zero-order valence-corrected chi connectivity index (χ0v) is 89.4. The fraction of sp³-hybridized carbons (Fsp3) is 0.452. The van der Waals surface area contributed by atoms with E-state index < -0.39 is 196 Å². The molecule has 145 heavy (non-hydrogen) atoms. The van der Waals surface area contributed by atoms with Crippen LogP contribution >= 0.6 is 0 Å². The number of sulfonamides is 2. The van der Waals surface area contributed by atoms with Crippen LogP contribution in [0.3, 0.4) is 0 Å². The second kappa shape index (κ2) is 55.3. The number of urea groups is 1. The van der Waals surface area contributed by atoms with Crippen LogP contribution in [0.5, 0.6) is 11.5 Å². The summed E-state index contributed by atoms with van der Waals surface area (Å²) in [5.74, 6) is -9.26. The second-order valence-corrected chi connectivity index (χ2v) is 39.0. The van der Waals surface area contributed by atoms with Gasteiger partial charge in [0.15, 0.2) is 11.9 Å². The van der Waals surface area contributed by atoms with Crippen LogP contribution in [0.25, 0.3) is 21.8 Å². The number of carboxylic acid groups (broad SMARTS) is 3. The van der Waals surface area contributed by atoms with Gasteiger partial charge in [-0.3, -0.25) is 57.5 Å². The fourth-order valence-corrected chi connectivity index (χ4v) is 19.6. The number of rotatable bonds is 53. The van der Waals surface area contributed by atoms with Gasteiger partial charge in [-0.25, -0.2) is 26.8 Å². The summed E-state index contributed by atoms with van der Waals surface area (Å²) < 4.78 is 79.8. The normalized spacial score (nSPS) is 13.9. The first-order valence-corrected chi connectivity index (χ1v) is 52.0. The summed E-state index contributed by atoms with van der Waals surface area (Å²) in [7, 11) is -5.92. The van der Waals surface area contributed by atoms with Crippen LogP contribution in [0.2, 0.25) is 0 Å². The van der Waals surface area contributed by atoms with E-state index in [1.807, 2.05) is 4.90 Å². The number of imidazole rings is 2. The van der Waals surface area contributed by atoms with Gasteiger partial charge < -0.3 is 91.7 Å². The molecule has 0 spiro atoms. The third kappa shape index (κ3) is 35.0. The number of ether oxygens (including phenoxy) is 2. The van der Waals surface area contributed by atoms with E-state index >= 15 is 0 Å². The number of nitrogens with zero attached hydrogens (tertiary/aromatic N) is 9. The molecule has 1 fully saturated rings. The number of aromatic nitrogens is 6. The number of anilines is 2. The van der Waals surface area contributed by atoms with E-state index in [9.17, 15) is 109 Å². The molecule has 5 heterocycles. The molecule has 4 aromatic heterocycles. The van der Waals surface area contributed by atoms with Crippen molar-refractivity contribution in [1.29, 1.82) is 0 Å². The molecular formula is C93H126InN23O26S2. The van der Waals surface area contributed by atoms with Crippen LogP contribution in [0, 0.1) is 27.7 Å². The molecule has 9 rings (SSSR count). The predicted molar refractivity (Wildman–Crippen MR) is 533 cm³/mol. The molecule has 2 unspecified atom stereocenters. The average Bonchev–Trinajstić information content (AvgIpc) is 1.58. The predicted octanol–water partition coefficient (Wildman–Crippen LogP) is -0.829. The quantitative estimate of drug-likeness (QED) is 0.0163. The minimum absolute atomic E-state index is 0.0153. The van der Waals surface area contributed by atoms with Crippen molar-refractivity contribution in [2.75, 3.05) is 148 Å². The Bertz CT molecular complexity index is 6320. The molecule has 784 valence electrons. The van der Waals surface area contributed by atoms with E-state index in [-0.39, 0.29) is 208 Å². The molecule has 0 saturated carbocycles. The molecule has 4 atom stereocenters. The van der Waals surface area contributed by atoms with Gasteiger partial charge in [-0.2, -0.15) is 9.44 Å². The van der Waals surface area contributed by atoms with Crippen LogP contribution in [0.1, 0.15) is 113 Å². The molecule has 0 bridgehead atoms. The van der Waals surface area contributed by atoms with E-state index in [0.29, 0.717) is 42.6 Å². The SMILES string of the molecule is C=C(O)CN1CCN(CC(=O)O)CCN(CC(=O)N(CCC(=O)NC(CC)C(=O)NCCNC(=O)CCCOc2cc(C)c(S(=O)(=O)N[C@@H](CNC(=O)c3cn(C)c4cc(CNc5ncc[nH]5)ccc4c3=O)C(=O)O)c(C)c2)C(=O)NC(CC)C(=O)NCCNC(=O)CCCOc2cc(C)c(S(=O)(=O)N[C@@H](CNC(=O)c3cn(C)c4cc(CNc5ncc[nH]5)ccc4c3=O)C(=O)O)c(C)c2)CCN(CC(=O)[O][InH2])CC1. The number of hydrogen-bond acceptors (Lipinski definition) is 31. The van der Waals surface area contributed by atoms with Crippen molar-refractivity contribution in [3.8, 4) is 11.5 Å². The number of carboxylic acids is 3. The molecule has 49 nitrogen and oxygen atoms in total. The van der Waals surface area contributed by atoms with E-state index in [0.717, 1.165) is 16.0 Å². The van der Waals surface area contributed by atoms with Crippen molar-refractivity contribution in [3.05, 3.63) is 175 Å². The number of fused-ring (bicyclic) bond motifs is 2. The first-order chi connectivity index (χ1) is 68.9. The number of amides is 10. The van der Waals surface area contributed by atoms with Crippen LogP contribution in [-0.4, -0.2) is 355 Å². The monoisotopic (exact) mass is 2160 g/mol. The molecule has 4 aromatic carbocycles. The Balaban J connectivity index is 0.735. The Morgan fingerprint density at radius 2 is 0.897 bits per heavy atom. The molecule has 18 N–H and O–H groups in total. The van der Waals surface area contributed by atoms with Gasteiger partial charge in [0.2, 0.25) is 60.4 Å². The molecule has 52 heteroatoms. The van der Waals surface area contributed by atoms with Gasteiger partial charge in [0.05, 0.1) is 34.0 Å². The molecular weight excluding hydrogens is 2030 g/mol. The van der Waals surface area contributed by atoms with Gasteiger partial charge in [-0.15, -0.1) is 0 Å². The van der Waals surface area contributed by atoms with Crippen molar-refractivity contribution in [2.24, 2.45) is 14.1 Å². The number of H-pyrrole nitrogens is 2. The van der Waals surface area contributed by atoms with E-state index in [1.54, 1.807) is 113 Å². The van der Waals surface area contributed by atoms with Crippen molar-refractivity contribution in [2.45, 2.75) is 134 Å². The Morgan fingerprint density at radius 3 is 1.28 bits per heavy atom. The van der Waals surface area contributed by atoms with Crippen molar-refractivity contribution >= 4 is 156 Å². The van der Waals surface area contributed by atoms with Crippen molar-refractivity contribution in [1.82, 2.24) is 106 Å². The van der Waals surface area contributed by atoms with Gasteiger partial charge in [-0.05, 0) is 135 Å². The third-order valence-electron chi connectivity index (χ3n) is 23.4. The number of imide groups is 1. The number of aromatic amines is 2. The maximum absolute atomic E-state index is 14.8. The number of carbonyl (C=O) groups is 13. The van der Waals surface area contributed by atoms with Crippen molar-refractivity contribution in [3.63, 3.8) is 0 Å². The van der Waals surface area contributed by atoms with Crippen LogP contribution in [0.4, 0.5) is 16.7 Å². The summed E-state index contributed by atoms with van der Waals surface area (Å²) in [4.78, 5) is 222. The Labute approximate surface area is 850 Å². The zero-order chi connectivity index (χ0) is 106. The topological polar surface area (TPSA) is 661 Å².